The largest absolute Gasteiger partial charge is 0.354 e. The molecule has 1 atom stereocenters. The minimum absolute atomic E-state index is 0.0567. The number of nitro groups is 1. The molecule has 0 bridgehead atoms. The van der Waals surface area contributed by atoms with Crippen molar-refractivity contribution in [2.75, 3.05) is 6.54 Å². The molecule has 0 radical (unpaired) electrons. The third-order valence-electron chi connectivity index (χ3n) is 4.84. The lowest BCUT2D eigenvalue weighted by Gasteiger charge is -2.21. The van der Waals surface area contributed by atoms with Crippen molar-refractivity contribution < 1.29 is 19.3 Å². The van der Waals surface area contributed by atoms with E-state index in [0.29, 0.717) is 13.0 Å². The zero-order valence-corrected chi connectivity index (χ0v) is 15.5. The Hall–Kier alpha value is -3.55. The molecule has 0 spiro atoms. The van der Waals surface area contributed by atoms with E-state index in [4.69, 9.17) is 0 Å². The van der Waals surface area contributed by atoms with E-state index in [1.54, 1.807) is 0 Å². The Morgan fingerprint density at radius 3 is 2.54 bits per heavy atom. The minimum Gasteiger partial charge on any atom is -0.354 e. The van der Waals surface area contributed by atoms with Gasteiger partial charge in [-0.1, -0.05) is 30.3 Å². The highest BCUT2D eigenvalue weighted by Gasteiger charge is 2.44. The maximum absolute atomic E-state index is 12.6. The van der Waals surface area contributed by atoms with Gasteiger partial charge in [-0.2, -0.15) is 0 Å². The van der Waals surface area contributed by atoms with Gasteiger partial charge in [-0.3, -0.25) is 29.4 Å². The van der Waals surface area contributed by atoms with Gasteiger partial charge >= 0.3 is 0 Å². The van der Waals surface area contributed by atoms with Gasteiger partial charge in [0.15, 0.2) is 0 Å². The molecular formula is C20H19N3O5. The number of nitro benzene ring substituents is 1. The lowest BCUT2D eigenvalue weighted by Crippen LogP contribution is -2.48. The SMILES string of the molecule is Cc1ccccc1CCNC(=O)C(C)N1C(=O)c2cccc([N+](=O)[O-])c2C1=O. The smallest absolute Gasteiger partial charge is 0.282 e. The first-order valence-corrected chi connectivity index (χ1v) is 8.80. The van der Waals surface area contributed by atoms with Gasteiger partial charge in [-0.05, 0) is 37.5 Å². The fourth-order valence-electron chi connectivity index (χ4n) is 3.27. The minimum atomic E-state index is -1.08. The first-order chi connectivity index (χ1) is 13.3. The molecule has 3 amide bonds. The molecule has 144 valence electrons. The van der Waals surface area contributed by atoms with Crippen LogP contribution in [0.1, 0.15) is 38.8 Å². The van der Waals surface area contributed by atoms with E-state index in [1.165, 1.54) is 25.1 Å². The quantitative estimate of drug-likeness (QED) is 0.469. The van der Waals surface area contributed by atoms with Crippen molar-refractivity contribution in [3.05, 3.63) is 74.8 Å². The summed E-state index contributed by atoms with van der Waals surface area (Å²) in [5.74, 6) is -2.02. The molecule has 1 unspecified atom stereocenters. The highest BCUT2D eigenvalue weighted by atomic mass is 16.6. The second kappa shape index (κ2) is 7.59. The van der Waals surface area contributed by atoms with Crippen LogP contribution in [-0.2, 0) is 11.2 Å². The number of nitrogens with zero attached hydrogens (tertiary/aromatic N) is 2. The van der Waals surface area contributed by atoms with Crippen LogP contribution in [0.3, 0.4) is 0 Å². The van der Waals surface area contributed by atoms with Gasteiger partial charge in [0.1, 0.15) is 11.6 Å². The molecule has 2 aromatic carbocycles. The summed E-state index contributed by atoms with van der Waals surface area (Å²) in [6.45, 7) is 3.75. The molecule has 0 saturated carbocycles. The van der Waals surface area contributed by atoms with Crippen molar-refractivity contribution in [3.63, 3.8) is 0 Å². The molecule has 8 nitrogen and oxygen atoms in total. The van der Waals surface area contributed by atoms with Gasteiger partial charge in [0.2, 0.25) is 5.91 Å². The van der Waals surface area contributed by atoms with Crippen molar-refractivity contribution in [1.29, 1.82) is 0 Å². The molecular weight excluding hydrogens is 362 g/mol. The van der Waals surface area contributed by atoms with Crippen LogP contribution in [0.5, 0.6) is 0 Å². The molecule has 0 fully saturated rings. The number of aryl methyl sites for hydroxylation is 1. The highest BCUT2D eigenvalue weighted by molar-refractivity contribution is 6.24. The highest BCUT2D eigenvalue weighted by Crippen LogP contribution is 2.31. The van der Waals surface area contributed by atoms with Crippen LogP contribution in [-0.4, -0.2) is 40.1 Å². The summed E-state index contributed by atoms with van der Waals surface area (Å²) in [5, 5.41) is 13.9. The number of hydrogen-bond acceptors (Lipinski definition) is 5. The van der Waals surface area contributed by atoms with Crippen molar-refractivity contribution in [2.24, 2.45) is 0 Å². The van der Waals surface area contributed by atoms with Crippen LogP contribution in [0.4, 0.5) is 5.69 Å². The molecule has 0 saturated heterocycles. The number of rotatable bonds is 6. The van der Waals surface area contributed by atoms with E-state index in [2.05, 4.69) is 5.32 Å². The Morgan fingerprint density at radius 2 is 1.86 bits per heavy atom. The Kier molecular flexibility index (Phi) is 5.21. The van der Waals surface area contributed by atoms with Crippen LogP contribution in [0.2, 0.25) is 0 Å². The number of benzene rings is 2. The topological polar surface area (TPSA) is 110 Å². The van der Waals surface area contributed by atoms with Gasteiger partial charge in [0, 0.05) is 12.6 Å². The van der Waals surface area contributed by atoms with Gasteiger partial charge in [0.05, 0.1) is 10.5 Å². The normalized spacial score (nSPS) is 14.0. The molecule has 0 aromatic heterocycles. The Labute approximate surface area is 161 Å². The number of carbonyl (C=O) groups is 3. The summed E-state index contributed by atoms with van der Waals surface area (Å²) >= 11 is 0. The van der Waals surface area contributed by atoms with E-state index >= 15 is 0 Å². The number of nitrogens with one attached hydrogen (secondary N) is 1. The zero-order chi connectivity index (χ0) is 20.4. The molecule has 28 heavy (non-hydrogen) atoms. The van der Waals surface area contributed by atoms with Crippen LogP contribution >= 0.6 is 0 Å². The number of carbonyl (C=O) groups excluding carboxylic acids is 3. The Bertz CT molecular complexity index is 986. The van der Waals surface area contributed by atoms with Gasteiger partial charge in [-0.15, -0.1) is 0 Å². The number of amides is 3. The van der Waals surface area contributed by atoms with Crippen molar-refractivity contribution in [3.8, 4) is 0 Å². The third kappa shape index (κ3) is 3.36. The standard InChI is InChI=1S/C20H19N3O5/c1-12-6-3-4-7-14(12)10-11-21-18(24)13(2)22-19(25)15-8-5-9-16(23(27)28)17(15)20(22)26/h3-9,13H,10-11H2,1-2H3,(H,21,24). The predicted octanol–water partition coefficient (Wildman–Crippen LogP) is 2.25. The van der Waals surface area contributed by atoms with E-state index < -0.39 is 34.4 Å². The van der Waals surface area contributed by atoms with Crippen LogP contribution in [0.25, 0.3) is 0 Å². The maximum atomic E-state index is 12.6. The average molecular weight is 381 g/mol. The van der Waals surface area contributed by atoms with Gasteiger partial charge in [-0.25, -0.2) is 0 Å². The zero-order valence-electron chi connectivity index (χ0n) is 15.5. The van der Waals surface area contributed by atoms with E-state index in [0.717, 1.165) is 16.0 Å². The van der Waals surface area contributed by atoms with Crippen molar-refractivity contribution in [1.82, 2.24) is 10.2 Å². The first-order valence-electron chi connectivity index (χ1n) is 8.80. The van der Waals surface area contributed by atoms with E-state index in [1.807, 2.05) is 31.2 Å². The van der Waals surface area contributed by atoms with Gasteiger partial charge < -0.3 is 5.32 Å². The second-order valence-electron chi connectivity index (χ2n) is 6.58. The molecule has 8 heteroatoms. The third-order valence-corrected chi connectivity index (χ3v) is 4.84. The molecule has 1 aliphatic heterocycles. The molecule has 3 rings (SSSR count). The summed E-state index contributed by atoms with van der Waals surface area (Å²) < 4.78 is 0. The summed E-state index contributed by atoms with van der Waals surface area (Å²) in [6, 6.07) is 10.6. The fourth-order valence-corrected chi connectivity index (χ4v) is 3.27. The van der Waals surface area contributed by atoms with Crippen molar-refractivity contribution in [2.45, 2.75) is 26.3 Å². The fraction of sp³-hybridized carbons (Fsp3) is 0.250. The first kappa shape index (κ1) is 19.2. The van der Waals surface area contributed by atoms with Crippen LogP contribution in [0.15, 0.2) is 42.5 Å². The number of fused-ring (bicyclic) bond motifs is 1. The van der Waals surface area contributed by atoms with E-state index in [-0.39, 0.29) is 11.1 Å². The molecule has 1 N–H and O–H groups in total. The molecule has 1 aliphatic rings. The lowest BCUT2D eigenvalue weighted by molar-refractivity contribution is -0.385. The van der Waals surface area contributed by atoms with Crippen LogP contribution in [0, 0.1) is 17.0 Å². The summed E-state index contributed by atoms with van der Waals surface area (Å²) in [7, 11) is 0. The Morgan fingerprint density at radius 1 is 1.14 bits per heavy atom. The van der Waals surface area contributed by atoms with Crippen LogP contribution < -0.4 is 5.32 Å². The average Bonchev–Trinajstić information content (AvgIpc) is 2.93. The lowest BCUT2D eigenvalue weighted by atomic mass is 10.1. The monoisotopic (exact) mass is 381 g/mol. The summed E-state index contributed by atoms with van der Waals surface area (Å²) in [6.07, 6.45) is 0.610. The molecule has 0 aliphatic carbocycles. The second-order valence-corrected chi connectivity index (χ2v) is 6.58. The summed E-state index contributed by atoms with van der Waals surface area (Å²) in [4.78, 5) is 48.9. The predicted molar refractivity (Wildman–Crippen MR) is 101 cm³/mol. The van der Waals surface area contributed by atoms with Gasteiger partial charge in [0.25, 0.3) is 17.5 Å². The Balaban J connectivity index is 1.71. The molecule has 2 aromatic rings. The molecule has 1 heterocycles. The number of imide groups is 1. The maximum Gasteiger partial charge on any atom is 0.282 e. The summed E-state index contributed by atoms with van der Waals surface area (Å²) in [5.41, 5.74) is 1.44. The van der Waals surface area contributed by atoms with E-state index in [9.17, 15) is 24.5 Å². The van der Waals surface area contributed by atoms with Crippen molar-refractivity contribution >= 4 is 23.4 Å². The number of hydrogen-bond donors (Lipinski definition) is 1.